The number of nitrogens with two attached hydrogens (primary N) is 1. The first-order valence-electron chi connectivity index (χ1n) is 6.01. The average molecular weight is 317 g/mol. The number of sulfonamides is 1. The molecule has 0 atom stereocenters. The predicted octanol–water partition coefficient (Wildman–Crippen LogP) is 0.664. The van der Waals surface area contributed by atoms with Crippen LogP contribution in [-0.2, 0) is 10.0 Å². The number of hydrogen-bond acceptors (Lipinski definition) is 5. The number of nitro benzene ring substituents is 1. The summed E-state index contributed by atoms with van der Waals surface area (Å²) in [6, 6.07) is 1.05. The molecule has 10 heteroatoms. The monoisotopic (exact) mass is 317 g/mol. The van der Waals surface area contributed by atoms with Crippen molar-refractivity contribution >= 4 is 21.6 Å². The molecular weight excluding hydrogens is 305 g/mol. The maximum absolute atomic E-state index is 14.1. The summed E-state index contributed by atoms with van der Waals surface area (Å²) in [5.41, 5.74) is -1.43. The van der Waals surface area contributed by atoms with Crippen molar-refractivity contribution in [2.24, 2.45) is 5.14 Å². The number of benzene rings is 1. The summed E-state index contributed by atoms with van der Waals surface area (Å²) in [7, 11) is -4.53. The van der Waals surface area contributed by atoms with Gasteiger partial charge in [0, 0.05) is 18.2 Å². The van der Waals surface area contributed by atoms with Gasteiger partial charge in [-0.3, -0.25) is 14.9 Å². The summed E-state index contributed by atoms with van der Waals surface area (Å²) in [5, 5.41) is 18.1. The van der Waals surface area contributed by atoms with Crippen LogP contribution in [0.25, 0.3) is 0 Å². The Morgan fingerprint density at radius 2 is 2.05 bits per heavy atom. The van der Waals surface area contributed by atoms with E-state index in [0.29, 0.717) is 12.1 Å². The average Bonchev–Trinajstić information content (AvgIpc) is 2.32. The van der Waals surface area contributed by atoms with Crippen molar-refractivity contribution < 1.29 is 22.5 Å². The van der Waals surface area contributed by atoms with E-state index in [0.717, 1.165) is 19.3 Å². The molecule has 1 aliphatic carbocycles. The Morgan fingerprint density at radius 3 is 2.48 bits per heavy atom. The molecule has 1 amide bonds. The summed E-state index contributed by atoms with van der Waals surface area (Å²) >= 11 is 0. The minimum absolute atomic E-state index is 0.130. The maximum atomic E-state index is 14.1. The Morgan fingerprint density at radius 1 is 1.43 bits per heavy atom. The van der Waals surface area contributed by atoms with Gasteiger partial charge in [0.1, 0.15) is 4.90 Å². The van der Waals surface area contributed by atoms with Gasteiger partial charge < -0.3 is 5.32 Å². The van der Waals surface area contributed by atoms with Crippen molar-refractivity contribution in [1.82, 2.24) is 5.32 Å². The van der Waals surface area contributed by atoms with Crippen LogP contribution in [0.4, 0.5) is 10.1 Å². The van der Waals surface area contributed by atoms with Crippen LogP contribution < -0.4 is 10.5 Å². The lowest BCUT2D eigenvalue weighted by Crippen LogP contribution is -2.40. The molecule has 0 aromatic heterocycles. The molecular formula is C11H12FN3O5S. The van der Waals surface area contributed by atoms with E-state index in [2.05, 4.69) is 5.32 Å². The molecule has 8 nitrogen and oxygen atoms in total. The van der Waals surface area contributed by atoms with Crippen molar-refractivity contribution in [1.29, 1.82) is 0 Å². The SMILES string of the molecule is NS(=O)(=O)c1cc([N+](=O)[O-])cc(C(=O)NC2CCC2)c1F. The second-order valence-electron chi connectivity index (χ2n) is 4.71. The zero-order valence-corrected chi connectivity index (χ0v) is 11.5. The highest BCUT2D eigenvalue weighted by atomic mass is 32.2. The van der Waals surface area contributed by atoms with Crippen LogP contribution in [0.3, 0.4) is 0 Å². The first-order valence-corrected chi connectivity index (χ1v) is 7.56. The minimum atomic E-state index is -4.53. The molecule has 0 aliphatic heterocycles. The van der Waals surface area contributed by atoms with E-state index in [-0.39, 0.29) is 6.04 Å². The standard InChI is InChI=1S/C11H12FN3O5S/c12-10-8(11(16)14-6-2-1-3-6)4-7(15(17)18)5-9(10)21(13,19)20/h4-6H,1-3H2,(H,14,16)(H2,13,19,20). The fraction of sp³-hybridized carbons (Fsp3) is 0.364. The van der Waals surface area contributed by atoms with Gasteiger partial charge in [-0.05, 0) is 19.3 Å². The van der Waals surface area contributed by atoms with Crippen LogP contribution in [0.15, 0.2) is 17.0 Å². The van der Waals surface area contributed by atoms with E-state index in [9.17, 15) is 27.7 Å². The van der Waals surface area contributed by atoms with E-state index in [1.807, 2.05) is 0 Å². The lowest BCUT2D eigenvalue weighted by atomic mass is 9.93. The van der Waals surface area contributed by atoms with Gasteiger partial charge in [0.15, 0.2) is 5.82 Å². The number of hydrogen-bond donors (Lipinski definition) is 2. The van der Waals surface area contributed by atoms with Crippen molar-refractivity contribution in [3.8, 4) is 0 Å². The van der Waals surface area contributed by atoms with Gasteiger partial charge in [0.25, 0.3) is 11.6 Å². The molecule has 1 aromatic carbocycles. The number of nitrogens with one attached hydrogen (secondary N) is 1. The van der Waals surface area contributed by atoms with E-state index in [1.165, 1.54) is 0 Å². The van der Waals surface area contributed by atoms with Gasteiger partial charge in [-0.15, -0.1) is 0 Å². The van der Waals surface area contributed by atoms with Gasteiger partial charge >= 0.3 is 0 Å². The summed E-state index contributed by atoms with van der Waals surface area (Å²) < 4.78 is 36.6. The largest absolute Gasteiger partial charge is 0.349 e. The van der Waals surface area contributed by atoms with Crippen LogP contribution in [-0.4, -0.2) is 25.3 Å². The van der Waals surface area contributed by atoms with Crippen LogP contribution in [0, 0.1) is 15.9 Å². The lowest BCUT2D eigenvalue weighted by molar-refractivity contribution is -0.385. The number of carbonyl (C=O) groups excluding carboxylic acids is 1. The fourth-order valence-electron chi connectivity index (χ4n) is 1.88. The lowest BCUT2D eigenvalue weighted by Gasteiger charge is -2.26. The molecule has 2 rings (SSSR count). The normalized spacial score (nSPS) is 15.3. The van der Waals surface area contributed by atoms with E-state index < -0.39 is 42.8 Å². The zero-order valence-electron chi connectivity index (χ0n) is 10.7. The topological polar surface area (TPSA) is 132 Å². The van der Waals surface area contributed by atoms with Crippen LogP contribution in [0.5, 0.6) is 0 Å². The number of amides is 1. The number of non-ortho nitro benzene ring substituents is 1. The van der Waals surface area contributed by atoms with E-state index in [4.69, 9.17) is 5.14 Å². The molecule has 0 unspecified atom stereocenters. The Labute approximate surface area is 119 Å². The van der Waals surface area contributed by atoms with Gasteiger partial charge in [0.05, 0.1) is 10.5 Å². The summed E-state index contributed by atoms with van der Waals surface area (Å²) in [4.78, 5) is 20.7. The van der Waals surface area contributed by atoms with Gasteiger partial charge in [0.2, 0.25) is 10.0 Å². The first kappa shape index (κ1) is 15.3. The molecule has 1 saturated carbocycles. The highest BCUT2D eigenvalue weighted by molar-refractivity contribution is 7.89. The Hall–Kier alpha value is -2.07. The number of nitrogens with zero attached hydrogens (tertiary/aromatic N) is 1. The molecule has 0 saturated heterocycles. The second kappa shape index (κ2) is 5.37. The molecule has 1 aliphatic rings. The Bertz CT molecular complexity index is 715. The van der Waals surface area contributed by atoms with Crippen molar-refractivity contribution in [3.63, 3.8) is 0 Å². The smallest absolute Gasteiger partial charge is 0.271 e. The molecule has 0 bridgehead atoms. The molecule has 1 fully saturated rings. The second-order valence-corrected chi connectivity index (χ2v) is 6.24. The predicted molar refractivity (Wildman–Crippen MR) is 69.5 cm³/mol. The molecule has 0 heterocycles. The third kappa shape index (κ3) is 3.16. The number of halogens is 1. The van der Waals surface area contributed by atoms with Crippen LogP contribution in [0.1, 0.15) is 29.6 Å². The molecule has 114 valence electrons. The summed E-state index contributed by atoms with van der Waals surface area (Å²) in [6.45, 7) is 0. The highest BCUT2D eigenvalue weighted by Gasteiger charge is 2.28. The number of rotatable bonds is 4. The quantitative estimate of drug-likeness (QED) is 0.622. The third-order valence-corrected chi connectivity index (χ3v) is 4.14. The Balaban J connectivity index is 2.50. The fourth-order valence-corrected chi connectivity index (χ4v) is 2.52. The number of nitro groups is 1. The minimum Gasteiger partial charge on any atom is -0.349 e. The van der Waals surface area contributed by atoms with Crippen molar-refractivity contribution in [2.75, 3.05) is 0 Å². The summed E-state index contributed by atoms with van der Waals surface area (Å²) in [6.07, 6.45) is 2.37. The summed E-state index contributed by atoms with van der Waals surface area (Å²) in [5.74, 6) is -2.29. The molecule has 1 aromatic rings. The molecule has 21 heavy (non-hydrogen) atoms. The Kier molecular flexibility index (Phi) is 3.92. The van der Waals surface area contributed by atoms with E-state index >= 15 is 0 Å². The van der Waals surface area contributed by atoms with Crippen LogP contribution >= 0.6 is 0 Å². The van der Waals surface area contributed by atoms with Gasteiger partial charge in [-0.2, -0.15) is 0 Å². The van der Waals surface area contributed by atoms with Crippen molar-refractivity contribution in [2.45, 2.75) is 30.2 Å². The van der Waals surface area contributed by atoms with Crippen LogP contribution in [0.2, 0.25) is 0 Å². The maximum Gasteiger partial charge on any atom is 0.271 e. The van der Waals surface area contributed by atoms with Crippen molar-refractivity contribution in [3.05, 3.63) is 33.6 Å². The molecule has 0 radical (unpaired) electrons. The van der Waals surface area contributed by atoms with Gasteiger partial charge in [-0.25, -0.2) is 17.9 Å². The number of primary sulfonamides is 1. The molecule has 0 spiro atoms. The highest BCUT2D eigenvalue weighted by Crippen LogP contribution is 2.25. The third-order valence-electron chi connectivity index (χ3n) is 3.23. The zero-order chi connectivity index (χ0) is 15.8. The van der Waals surface area contributed by atoms with Gasteiger partial charge in [-0.1, -0.05) is 0 Å². The number of carbonyl (C=O) groups is 1. The first-order chi connectivity index (χ1) is 9.70. The van der Waals surface area contributed by atoms with E-state index in [1.54, 1.807) is 0 Å². The molecule has 3 N–H and O–H groups in total.